The van der Waals surface area contributed by atoms with Gasteiger partial charge >= 0.3 is 6.18 Å². The number of aliphatic hydroxyl groups is 1. The van der Waals surface area contributed by atoms with Gasteiger partial charge in [0.25, 0.3) is 5.91 Å². The van der Waals surface area contributed by atoms with Crippen LogP contribution in [-0.4, -0.2) is 27.4 Å². The zero-order chi connectivity index (χ0) is 17.3. The minimum Gasteiger partial charge on any atom is -0.379 e. The Morgan fingerprint density at radius 3 is 2.54 bits per heavy atom. The van der Waals surface area contributed by atoms with Crippen molar-refractivity contribution in [1.29, 1.82) is 0 Å². The maximum atomic E-state index is 12.8. The standard InChI is InChI=1S/C16H12F3N3O2/c17-16(18,19)14(23)10-6-2-3-7-11(10)20-15(24)13-9-5-1-4-8-12(9)21-22-13/h1-8,14,23H,(H,20,24)(H,21,22). The first kappa shape index (κ1) is 16.0. The number of anilines is 1. The van der Waals surface area contributed by atoms with Crippen LogP contribution in [0.1, 0.15) is 22.2 Å². The zero-order valence-electron chi connectivity index (χ0n) is 12.1. The number of benzene rings is 2. The Hall–Kier alpha value is -2.87. The molecule has 2 aromatic carbocycles. The monoisotopic (exact) mass is 335 g/mol. The minimum atomic E-state index is -4.83. The van der Waals surface area contributed by atoms with Crippen molar-refractivity contribution in [3.63, 3.8) is 0 Å². The van der Waals surface area contributed by atoms with Gasteiger partial charge in [-0.05, 0) is 12.1 Å². The number of carbonyl (C=O) groups excluding carboxylic acids is 1. The number of carbonyl (C=O) groups is 1. The van der Waals surface area contributed by atoms with E-state index in [0.29, 0.717) is 10.9 Å². The van der Waals surface area contributed by atoms with Crippen molar-refractivity contribution < 1.29 is 23.1 Å². The summed E-state index contributed by atoms with van der Waals surface area (Å²) < 4.78 is 38.3. The van der Waals surface area contributed by atoms with Gasteiger partial charge in [-0.1, -0.05) is 36.4 Å². The van der Waals surface area contributed by atoms with Gasteiger partial charge in [0.2, 0.25) is 0 Å². The first-order valence-corrected chi connectivity index (χ1v) is 6.96. The molecule has 124 valence electrons. The molecule has 1 atom stereocenters. The highest BCUT2D eigenvalue weighted by atomic mass is 19.4. The third-order valence-corrected chi connectivity index (χ3v) is 3.50. The lowest BCUT2D eigenvalue weighted by Crippen LogP contribution is -2.22. The Balaban J connectivity index is 1.93. The number of fused-ring (bicyclic) bond motifs is 1. The molecule has 5 nitrogen and oxygen atoms in total. The largest absolute Gasteiger partial charge is 0.418 e. The molecular weight excluding hydrogens is 323 g/mol. The van der Waals surface area contributed by atoms with E-state index in [1.54, 1.807) is 24.3 Å². The van der Waals surface area contributed by atoms with E-state index in [-0.39, 0.29) is 11.4 Å². The van der Waals surface area contributed by atoms with Crippen LogP contribution >= 0.6 is 0 Å². The normalized spacial score (nSPS) is 13.0. The Labute approximate surface area is 134 Å². The fourth-order valence-corrected chi connectivity index (χ4v) is 2.34. The first-order valence-electron chi connectivity index (χ1n) is 6.96. The lowest BCUT2D eigenvalue weighted by atomic mass is 10.1. The Morgan fingerprint density at radius 1 is 1.12 bits per heavy atom. The average molecular weight is 335 g/mol. The van der Waals surface area contributed by atoms with E-state index in [1.165, 1.54) is 18.2 Å². The van der Waals surface area contributed by atoms with Crippen molar-refractivity contribution in [2.75, 3.05) is 5.32 Å². The number of amides is 1. The van der Waals surface area contributed by atoms with E-state index < -0.39 is 23.8 Å². The second-order valence-electron chi connectivity index (χ2n) is 5.10. The fourth-order valence-electron chi connectivity index (χ4n) is 2.34. The smallest absolute Gasteiger partial charge is 0.379 e. The van der Waals surface area contributed by atoms with Crippen LogP contribution in [0.15, 0.2) is 48.5 Å². The molecule has 0 spiro atoms. The number of para-hydroxylation sites is 2. The molecule has 0 aliphatic heterocycles. The molecule has 0 saturated heterocycles. The molecule has 0 radical (unpaired) electrons. The van der Waals surface area contributed by atoms with Crippen molar-refractivity contribution in [2.45, 2.75) is 12.3 Å². The molecule has 0 saturated carbocycles. The van der Waals surface area contributed by atoms with E-state index in [0.717, 1.165) is 6.07 Å². The number of aromatic amines is 1. The second kappa shape index (κ2) is 5.97. The maximum absolute atomic E-state index is 12.8. The number of aromatic nitrogens is 2. The third-order valence-electron chi connectivity index (χ3n) is 3.50. The topological polar surface area (TPSA) is 78.0 Å². The minimum absolute atomic E-state index is 0.0573. The molecule has 1 amide bonds. The summed E-state index contributed by atoms with van der Waals surface area (Å²) in [6, 6.07) is 12.1. The Bertz CT molecular complexity index is 889. The molecule has 8 heteroatoms. The van der Waals surface area contributed by atoms with Gasteiger partial charge < -0.3 is 10.4 Å². The van der Waals surface area contributed by atoms with E-state index in [2.05, 4.69) is 15.5 Å². The predicted molar refractivity (Wildman–Crippen MR) is 81.5 cm³/mol. The second-order valence-corrected chi connectivity index (χ2v) is 5.10. The molecule has 3 N–H and O–H groups in total. The van der Waals surface area contributed by atoms with Gasteiger partial charge in [0, 0.05) is 16.6 Å². The summed E-state index contributed by atoms with van der Waals surface area (Å²) in [4.78, 5) is 12.4. The van der Waals surface area contributed by atoms with Gasteiger partial charge in [-0.2, -0.15) is 18.3 Å². The highest BCUT2D eigenvalue weighted by Crippen LogP contribution is 2.36. The number of hydrogen-bond acceptors (Lipinski definition) is 3. The summed E-state index contributed by atoms with van der Waals surface area (Å²) in [5, 5.41) is 18.9. The van der Waals surface area contributed by atoms with Crippen LogP contribution in [-0.2, 0) is 0 Å². The van der Waals surface area contributed by atoms with Crippen molar-refractivity contribution in [1.82, 2.24) is 10.2 Å². The average Bonchev–Trinajstić information content (AvgIpc) is 2.98. The number of nitrogens with zero attached hydrogens (tertiary/aromatic N) is 1. The van der Waals surface area contributed by atoms with Gasteiger partial charge in [0.15, 0.2) is 11.8 Å². The van der Waals surface area contributed by atoms with Gasteiger partial charge in [-0.15, -0.1) is 0 Å². The van der Waals surface area contributed by atoms with E-state index in [9.17, 15) is 23.1 Å². The molecule has 0 aliphatic carbocycles. The summed E-state index contributed by atoms with van der Waals surface area (Å²) in [7, 11) is 0. The van der Waals surface area contributed by atoms with E-state index in [1.807, 2.05) is 0 Å². The van der Waals surface area contributed by atoms with Crippen LogP contribution in [0, 0.1) is 0 Å². The SMILES string of the molecule is O=C(Nc1ccccc1C(O)C(F)(F)F)c1n[nH]c2ccccc12. The number of hydrogen-bond donors (Lipinski definition) is 3. The lowest BCUT2D eigenvalue weighted by Gasteiger charge is -2.18. The summed E-state index contributed by atoms with van der Waals surface area (Å²) in [5.41, 5.74) is 0.130. The van der Waals surface area contributed by atoms with Crippen LogP contribution in [0.5, 0.6) is 0 Å². The summed E-state index contributed by atoms with van der Waals surface area (Å²) in [5.74, 6) is -0.672. The zero-order valence-corrected chi connectivity index (χ0v) is 12.1. The Morgan fingerprint density at radius 2 is 1.79 bits per heavy atom. The van der Waals surface area contributed by atoms with Gasteiger partial charge in [0.1, 0.15) is 0 Å². The van der Waals surface area contributed by atoms with Crippen LogP contribution in [0.2, 0.25) is 0 Å². The number of alkyl halides is 3. The van der Waals surface area contributed by atoms with Crippen LogP contribution < -0.4 is 5.32 Å². The first-order chi connectivity index (χ1) is 11.4. The number of rotatable bonds is 3. The lowest BCUT2D eigenvalue weighted by molar-refractivity contribution is -0.206. The highest BCUT2D eigenvalue weighted by Gasteiger charge is 2.40. The molecule has 0 aliphatic rings. The van der Waals surface area contributed by atoms with Gasteiger partial charge in [0.05, 0.1) is 5.52 Å². The van der Waals surface area contributed by atoms with Crippen molar-refractivity contribution in [3.8, 4) is 0 Å². The molecule has 1 unspecified atom stereocenters. The van der Waals surface area contributed by atoms with Crippen LogP contribution in [0.4, 0.5) is 18.9 Å². The molecule has 3 aromatic rings. The fraction of sp³-hybridized carbons (Fsp3) is 0.125. The third kappa shape index (κ3) is 2.95. The number of aliphatic hydroxyl groups excluding tert-OH is 1. The Kier molecular flexibility index (Phi) is 3.98. The molecule has 3 rings (SSSR count). The molecule has 0 bridgehead atoms. The number of halogens is 3. The van der Waals surface area contributed by atoms with Crippen LogP contribution in [0.25, 0.3) is 10.9 Å². The molecule has 1 aromatic heterocycles. The van der Waals surface area contributed by atoms with Crippen LogP contribution in [0.3, 0.4) is 0 Å². The number of H-pyrrole nitrogens is 1. The van der Waals surface area contributed by atoms with Gasteiger partial charge in [-0.25, -0.2) is 0 Å². The van der Waals surface area contributed by atoms with Crippen molar-refractivity contribution in [3.05, 3.63) is 59.8 Å². The van der Waals surface area contributed by atoms with Crippen molar-refractivity contribution in [2.24, 2.45) is 0 Å². The predicted octanol–water partition coefficient (Wildman–Crippen LogP) is 3.41. The summed E-state index contributed by atoms with van der Waals surface area (Å²) >= 11 is 0. The summed E-state index contributed by atoms with van der Waals surface area (Å²) in [6.45, 7) is 0. The molecule has 24 heavy (non-hydrogen) atoms. The van der Waals surface area contributed by atoms with E-state index >= 15 is 0 Å². The molecular formula is C16H12F3N3O2. The highest BCUT2D eigenvalue weighted by molar-refractivity contribution is 6.11. The van der Waals surface area contributed by atoms with Crippen molar-refractivity contribution >= 4 is 22.5 Å². The maximum Gasteiger partial charge on any atom is 0.418 e. The quantitative estimate of drug-likeness (QED) is 0.686. The summed E-state index contributed by atoms with van der Waals surface area (Å²) in [6.07, 6.45) is -7.52. The molecule has 0 fully saturated rings. The number of nitrogens with one attached hydrogen (secondary N) is 2. The van der Waals surface area contributed by atoms with Gasteiger partial charge in [-0.3, -0.25) is 9.89 Å². The molecule has 1 heterocycles. The van der Waals surface area contributed by atoms with E-state index in [4.69, 9.17) is 0 Å².